The molecule has 0 bridgehead atoms. The highest BCUT2D eigenvalue weighted by atomic mass is 16.5. The van der Waals surface area contributed by atoms with E-state index in [1.165, 1.54) is 4.90 Å². The van der Waals surface area contributed by atoms with E-state index in [9.17, 15) is 9.59 Å². The van der Waals surface area contributed by atoms with Gasteiger partial charge in [-0.1, -0.05) is 18.2 Å². The minimum absolute atomic E-state index is 0.0745. The van der Waals surface area contributed by atoms with E-state index in [0.29, 0.717) is 18.0 Å². The first-order chi connectivity index (χ1) is 13.0. The highest BCUT2D eigenvalue weighted by molar-refractivity contribution is 6.07. The number of carbonyl (C=O) groups excluding carboxylic acids is 2. The number of fused-ring (bicyclic) bond motifs is 1. The second-order valence-corrected chi connectivity index (χ2v) is 6.45. The SMILES string of the molecule is CCOC(=O)CCN(C(=O)C1=CC2N=C(C)N(C)C2C=C1)c1ccccn1. The summed E-state index contributed by atoms with van der Waals surface area (Å²) < 4.78 is 4.98. The Labute approximate surface area is 159 Å². The molecule has 2 heterocycles. The quantitative estimate of drug-likeness (QED) is 0.718. The van der Waals surface area contributed by atoms with Crippen molar-refractivity contribution in [2.45, 2.75) is 32.4 Å². The van der Waals surface area contributed by atoms with Gasteiger partial charge in [0, 0.05) is 25.4 Å². The highest BCUT2D eigenvalue weighted by Crippen LogP contribution is 2.26. The zero-order valence-electron chi connectivity index (χ0n) is 15.8. The van der Waals surface area contributed by atoms with Gasteiger partial charge >= 0.3 is 5.97 Å². The Morgan fingerprint density at radius 3 is 2.85 bits per heavy atom. The van der Waals surface area contributed by atoms with Gasteiger partial charge in [-0.3, -0.25) is 19.5 Å². The Bertz CT molecular complexity index is 801. The molecule has 0 fully saturated rings. The van der Waals surface area contributed by atoms with E-state index in [1.807, 2.05) is 38.3 Å². The average Bonchev–Trinajstić information content (AvgIpc) is 2.96. The number of amidine groups is 1. The van der Waals surface area contributed by atoms with Crippen molar-refractivity contribution >= 4 is 23.5 Å². The third kappa shape index (κ3) is 4.07. The summed E-state index contributed by atoms with van der Waals surface area (Å²) in [5, 5.41) is 0. The minimum Gasteiger partial charge on any atom is -0.466 e. The Hall–Kier alpha value is -2.96. The van der Waals surface area contributed by atoms with Crippen LogP contribution in [0.3, 0.4) is 0 Å². The van der Waals surface area contributed by atoms with Crippen LogP contribution in [0, 0.1) is 0 Å². The van der Waals surface area contributed by atoms with E-state index in [4.69, 9.17) is 4.74 Å². The monoisotopic (exact) mass is 368 g/mol. The molecule has 0 saturated heterocycles. The van der Waals surface area contributed by atoms with E-state index in [2.05, 4.69) is 14.9 Å². The number of anilines is 1. The van der Waals surface area contributed by atoms with E-state index in [0.717, 1.165) is 5.84 Å². The zero-order chi connectivity index (χ0) is 19.4. The molecule has 7 nitrogen and oxygen atoms in total. The number of likely N-dealkylation sites (N-methyl/N-ethyl adjacent to an activating group) is 1. The molecule has 1 amide bonds. The van der Waals surface area contributed by atoms with Gasteiger partial charge in [-0.15, -0.1) is 0 Å². The predicted octanol–water partition coefficient (Wildman–Crippen LogP) is 1.96. The summed E-state index contributed by atoms with van der Waals surface area (Å²) in [7, 11) is 1.99. The first-order valence-electron chi connectivity index (χ1n) is 9.07. The zero-order valence-corrected chi connectivity index (χ0v) is 15.8. The lowest BCUT2D eigenvalue weighted by Gasteiger charge is -2.27. The molecule has 7 heteroatoms. The number of aliphatic imine (C=N–C) groups is 1. The number of hydrogen-bond acceptors (Lipinski definition) is 6. The van der Waals surface area contributed by atoms with Crippen LogP contribution in [-0.2, 0) is 14.3 Å². The minimum atomic E-state index is -0.336. The fourth-order valence-electron chi connectivity index (χ4n) is 3.22. The molecule has 2 unspecified atom stereocenters. The summed E-state index contributed by atoms with van der Waals surface area (Å²) in [4.78, 5) is 37.4. The lowest BCUT2D eigenvalue weighted by atomic mass is 9.97. The number of nitrogens with zero attached hydrogens (tertiary/aromatic N) is 4. The van der Waals surface area contributed by atoms with Crippen molar-refractivity contribution in [3.63, 3.8) is 0 Å². The van der Waals surface area contributed by atoms with Crippen molar-refractivity contribution in [2.24, 2.45) is 4.99 Å². The van der Waals surface area contributed by atoms with Crippen LogP contribution in [0.2, 0.25) is 0 Å². The number of hydrogen-bond donors (Lipinski definition) is 0. The van der Waals surface area contributed by atoms with Crippen LogP contribution >= 0.6 is 0 Å². The Balaban J connectivity index is 1.81. The summed E-state index contributed by atoms with van der Waals surface area (Å²) in [5.74, 6) is 0.919. The standard InChI is InChI=1S/C20H24N4O3/c1-4-27-19(25)10-12-24(18-7-5-6-11-21-18)20(26)15-8-9-17-16(13-15)22-14(2)23(17)3/h5-9,11,13,16-17H,4,10,12H2,1-3H3. The number of pyridine rings is 1. The van der Waals surface area contributed by atoms with E-state index in [1.54, 1.807) is 25.3 Å². The topological polar surface area (TPSA) is 75.1 Å². The lowest BCUT2D eigenvalue weighted by Crippen LogP contribution is -2.38. The fraction of sp³-hybridized carbons (Fsp3) is 0.400. The molecule has 0 saturated carbocycles. The summed E-state index contributed by atoms with van der Waals surface area (Å²) in [6.07, 6.45) is 7.45. The Kier molecular flexibility index (Phi) is 5.69. The molecular weight excluding hydrogens is 344 g/mol. The van der Waals surface area contributed by atoms with Crippen LogP contribution in [-0.4, -0.2) is 59.9 Å². The van der Waals surface area contributed by atoms with E-state index < -0.39 is 0 Å². The molecule has 27 heavy (non-hydrogen) atoms. The molecule has 1 aromatic heterocycles. The summed E-state index contributed by atoms with van der Waals surface area (Å²) >= 11 is 0. The van der Waals surface area contributed by atoms with Gasteiger partial charge in [0.15, 0.2) is 0 Å². The number of aromatic nitrogens is 1. The van der Waals surface area contributed by atoms with Crippen molar-refractivity contribution < 1.29 is 14.3 Å². The maximum absolute atomic E-state index is 13.2. The van der Waals surface area contributed by atoms with Crippen molar-refractivity contribution in [1.29, 1.82) is 0 Å². The normalized spacial score (nSPS) is 20.6. The van der Waals surface area contributed by atoms with Crippen molar-refractivity contribution in [3.8, 4) is 0 Å². The van der Waals surface area contributed by atoms with Crippen molar-refractivity contribution in [3.05, 3.63) is 48.2 Å². The fourth-order valence-corrected chi connectivity index (χ4v) is 3.22. The summed E-state index contributed by atoms with van der Waals surface area (Å²) in [6, 6.07) is 5.42. The molecule has 2 atom stereocenters. The molecule has 142 valence electrons. The van der Waals surface area contributed by atoms with Crippen LogP contribution in [0.25, 0.3) is 0 Å². The molecule has 1 aromatic rings. The summed E-state index contributed by atoms with van der Waals surface area (Å²) in [6.45, 7) is 4.24. The molecule has 1 aliphatic heterocycles. The van der Waals surface area contributed by atoms with Crippen LogP contribution in [0.1, 0.15) is 20.3 Å². The molecule has 0 aromatic carbocycles. The van der Waals surface area contributed by atoms with Crippen LogP contribution in [0.4, 0.5) is 5.82 Å². The Morgan fingerprint density at radius 1 is 1.33 bits per heavy atom. The second kappa shape index (κ2) is 8.16. The predicted molar refractivity (Wildman–Crippen MR) is 104 cm³/mol. The smallest absolute Gasteiger partial charge is 0.307 e. The number of esters is 1. The van der Waals surface area contributed by atoms with Gasteiger partial charge < -0.3 is 9.64 Å². The van der Waals surface area contributed by atoms with Crippen molar-refractivity contribution in [1.82, 2.24) is 9.88 Å². The van der Waals surface area contributed by atoms with Crippen LogP contribution in [0.15, 0.2) is 53.2 Å². The third-order valence-electron chi connectivity index (χ3n) is 4.73. The molecule has 2 aliphatic rings. The molecule has 1 aliphatic carbocycles. The van der Waals surface area contributed by atoms with Crippen LogP contribution < -0.4 is 4.90 Å². The van der Waals surface area contributed by atoms with Gasteiger partial charge in [0.05, 0.1) is 30.9 Å². The van der Waals surface area contributed by atoms with Gasteiger partial charge in [-0.25, -0.2) is 4.98 Å². The van der Waals surface area contributed by atoms with Gasteiger partial charge in [-0.05, 0) is 32.1 Å². The largest absolute Gasteiger partial charge is 0.466 e. The van der Waals surface area contributed by atoms with Gasteiger partial charge in [-0.2, -0.15) is 0 Å². The third-order valence-corrected chi connectivity index (χ3v) is 4.73. The molecule has 0 spiro atoms. The van der Waals surface area contributed by atoms with E-state index in [-0.39, 0.29) is 36.9 Å². The number of carbonyl (C=O) groups is 2. The number of rotatable bonds is 6. The van der Waals surface area contributed by atoms with E-state index >= 15 is 0 Å². The van der Waals surface area contributed by atoms with Gasteiger partial charge in [0.2, 0.25) is 0 Å². The maximum Gasteiger partial charge on any atom is 0.307 e. The maximum atomic E-state index is 13.2. The number of amides is 1. The van der Waals surface area contributed by atoms with Crippen molar-refractivity contribution in [2.75, 3.05) is 25.1 Å². The molecule has 3 rings (SSSR count). The Morgan fingerprint density at radius 2 is 2.15 bits per heavy atom. The second-order valence-electron chi connectivity index (χ2n) is 6.45. The first kappa shape index (κ1) is 18.8. The average molecular weight is 368 g/mol. The van der Waals surface area contributed by atoms with Gasteiger partial charge in [0.25, 0.3) is 5.91 Å². The molecule has 0 radical (unpaired) electrons. The van der Waals surface area contributed by atoms with Gasteiger partial charge in [0.1, 0.15) is 5.82 Å². The highest BCUT2D eigenvalue weighted by Gasteiger charge is 2.33. The number of ether oxygens (including phenoxy) is 1. The first-order valence-corrected chi connectivity index (χ1v) is 9.07. The molecular formula is C20H24N4O3. The summed E-state index contributed by atoms with van der Waals surface area (Å²) in [5.41, 5.74) is 0.553. The van der Waals surface area contributed by atoms with Crippen LogP contribution in [0.5, 0.6) is 0 Å². The molecule has 0 N–H and O–H groups in total. The lowest BCUT2D eigenvalue weighted by molar-refractivity contribution is -0.142.